The molecule has 0 spiro atoms. The molecule has 0 bridgehead atoms. The lowest BCUT2D eigenvalue weighted by molar-refractivity contribution is 0.636. The summed E-state index contributed by atoms with van der Waals surface area (Å²) in [5.74, 6) is -0.306. The molecule has 1 aromatic rings. The molecule has 0 atom stereocenters. The average Bonchev–Trinajstić information content (AvgIpc) is 2.45. The van der Waals surface area contributed by atoms with Gasteiger partial charge in [-0.25, -0.2) is 4.39 Å². The van der Waals surface area contributed by atoms with E-state index in [1.165, 1.54) is 0 Å². The molecular weight excluding hydrogens is 143 g/mol. The Kier molecular flexibility index (Phi) is 1.24. The van der Waals surface area contributed by atoms with Gasteiger partial charge in [0.05, 0.1) is 11.4 Å². The summed E-state index contributed by atoms with van der Waals surface area (Å²) in [6, 6.07) is 3.48. The fraction of sp³-hybridized carbons (Fsp3) is 0.250. The van der Waals surface area contributed by atoms with Crippen molar-refractivity contribution in [2.45, 2.75) is 6.42 Å². The highest BCUT2D eigenvalue weighted by Crippen LogP contribution is 2.28. The van der Waals surface area contributed by atoms with Crippen LogP contribution in [0.25, 0.3) is 0 Å². The van der Waals surface area contributed by atoms with E-state index in [1.54, 1.807) is 6.07 Å². The molecule has 3 heteroatoms. The van der Waals surface area contributed by atoms with Crippen molar-refractivity contribution < 1.29 is 4.39 Å². The number of nitrogens with one attached hydrogen (secondary N) is 1. The summed E-state index contributed by atoms with van der Waals surface area (Å²) in [6.07, 6.45) is 0.895. The van der Waals surface area contributed by atoms with Crippen molar-refractivity contribution >= 4 is 11.4 Å². The normalized spacial score (nSPS) is 14.3. The summed E-state index contributed by atoms with van der Waals surface area (Å²) < 4.78 is 13.1. The second-order valence-electron chi connectivity index (χ2n) is 2.68. The Labute approximate surface area is 64.2 Å². The van der Waals surface area contributed by atoms with Gasteiger partial charge in [-0.3, -0.25) is 0 Å². The van der Waals surface area contributed by atoms with Crippen LogP contribution in [0, 0.1) is 5.82 Å². The number of hydrogen-bond donors (Lipinski definition) is 2. The van der Waals surface area contributed by atoms with Crippen LogP contribution in [0.1, 0.15) is 5.56 Å². The number of rotatable bonds is 0. The summed E-state index contributed by atoms with van der Waals surface area (Å²) in [5, 5.41) is 2.95. The largest absolute Gasteiger partial charge is 0.396 e. The topological polar surface area (TPSA) is 38.0 Å². The molecule has 2 rings (SSSR count). The van der Waals surface area contributed by atoms with Crippen molar-refractivity contribution in [3.63, 3.8) is 0 Å². The Balaban J connectivity index is 2.62. The lowest BCUT2D eigenvalue weighted by Gasteiger charge is -2.02. The number of hydrogen-bond acceptors (Lipinski definition) is 2. The van der Waals surface area contributed by atoms with Gasteiger partial charge in [-0.1, -0.05) is 6.07 Å². The third-order valence-corrected chi connectivity index (χ3v) is 1.95. The minimum atomic E-state index is -0.306. The third-order valence-electron chi connectivity index (χ3n) is 1.95. The maximum Gasteiger partial charge on any atom is 0.169 e. The van der Waals surface area contributed by atoms with Gasteiger partial charge in [-0.05, 0) is 18.1 Å². The number of fused-ring (bicyclic) bond motifs is 1. The van der Waals surface area contributed by atoms with Crippen LogP contribution in [-0.2, 0) is 6.42 Å². The highest BCUT2D eigenvalue weighted by molar-refractivity contribution is 5.63. The molecule has 11 heavy (non-hydrogen) atoms. The molecule has 2 nitrogen and oxygen atoms in total. The van der Waals surface area contributed by atoms with E-state index in [2.05, 4.69) is 5.32 Å². The summed E-state index contributed by atoms with van der Waals surface area (Å²) >= 11 is 0. The van der Waals surface area contributed by atoms with Crippen LogP contribution >= 0.6 is 0 Å². The molecule has 0 saturated heterocycles. The van der Waals surface area contributed by atoms with Crippen molar-refractivity contribution in [2.75, 3.05) is 17.6 Å². The Hall–Kier alpha value is -1.25. The molecule has 0 saturated carbocycles. The van der Waals surface area contributed by atoms with Crippen molar-refractivity contribution in [1.29, 1.82) is 0 Å². The first-order valence-electron chi connectivity index (χ1n) is 3.60. The zero-order chi connectivity index (χ0) is 7.84. The predicted molar refractivity (Wildman–Crippen MR) is 43.0 cm³/mol. The van der Waals surface area contributed by atoms with E-state index in [1.807, 2.05) is 6.07 Å². The highest BCUT2D eigenvalue weighted by Gasteiger charge is 2.15. The molecule has 1 heterocycles. The molecule has 0 aliphatic carbocycles. The van der Waals surface area contributed by atoms with E-state index in [4.69, 9.17) is 5.73 Å². The monoisotopic (exact) mass is 152 g/mol. The van der Waals surface area contributed by atoms with E-state index < -0.39 is 0 Å². The molecule has 0 fully saturated rings. The van der Waals surface area contributed by atoms with Crippen LogP contribution in [0.3, 0.4) is 0 Å². The van der Waals surface area contributed by atoms with E-state index in [0.29, 0.717) is 5.69 Å². The number of nitrogens with two attached hydrogens (primary N) is 1. The third kappa shape index (κ3) is 0.843. The van der Waals surface area contributed by atoms with Crippen LogP contribution in [0.5, 0.6) is 0 Å². The van der Waals surface area contributed by atoms with Gasteiger partial charge in [0, 0.05) is 6.54 Å². The second kappa shape index (κ2) is 2.12. The quantitative estimate of drug-likeness (QED) is 0.551. The minimum absolute atomic E-state index is 0.221. The molecule has 0 amide bonds. The summed E-state index contributed by atoms with van der Waals surface area (Å²) in [6.45, 7) is 0.815. The Morgan fingerprint density at radius 1 is 1.45 bits per heavy atom. The van der Waals surface area contributed by atoms with Crippen molar-refractivity contribution in [1.82, 2.24) is 0 Å². The van der Waals surface area contributed by atoms with Gasteiger partial charge in [0.2, 0.25) is 0 Å². The van der Waals surface area contributed by atoms with Crippen LogP contribution in [-0.4, -0.2) is 6.54 Å². The van der Waals surface area contributed by atoms with Gasteiger partial charge in [0.15, 0.2) is 5.82 Å². The van der Waals surface area contributed by atoms with Crippen molar-refractivity contribution in [3.05, 3.63) is 23.5 Å². The fourth-order valence-electron chi connectivity index (χ4n) is 1.35. The molecule has 1 aliphatic rings. The highest BCUT2D eigenvalue weighted by atomic mass is 19.1. The first kappa shape index (κ1) is 6.46. The maximum atomic E-state index is 13.1. The maximum absolute atomic E-state index is 13.1. The molecule has 3 N–H and O–H groups in total. The molecular formula is C8H9FN2. The smallest absolute Gasteiger partial charge is 0.169 e. The first-order valence-corrected chi connectivity index (χ1v) is 3.60. The Morgan fingerprint density at radius 2 is 2.27 bits per heavy atom. The van der Waals surface area contributed by atoms with Gasteiger partial charge < -0.3 is 11.1 Å². The zero-order valence-electron chi connectivity index (χ0n) is 6.02. The summed E-state index contributed by atoms with van der Waals surface area (Å²) in [5.41, 5.74) is 7.21. The predicted octanol–water partition coefficient (Wildman–Crippen LogP) is 1.38. The lowest BCUT2D eigenvalue weighted by Crippen LogP contribution is -1.96. The molecule has 0 radical (unpaired) electrons. The first-order chi connectivity index (χ1) is 5.29. The van der Waals surface area contributed by atoms with Crippen molar-refractivity contribution in [2.24, 2.45) is 0 Å². The number of halogens is 1. The number of anilines is 2. The van der Waals surface area contributed by atoms with Crippen LogP contribution in [0.2, 0.25) is 0 Å². The van der Waals surface area contributed by atoms with E-state index >= 15 is 0 Å². The van der Waals surface area contributed by atoms with Crippen LogP contribution < -0.4 is 11.1 Å². The molecule has 1 aliphatic heterocycles. The molecule has 0 aromatic heterocycles. The van der Waals surface area contributed by atoms with E-state index in [0.717, 1.165) is 18.5 Å². The average molecular weight is 152 g/mol. The van der Waals surface area contributed by atoms with Gasteiger partial charge in [-0.15, -0.1) is 0 Å². The summed E-state index contributed by atoms with van der Waals surface area (Å²) in [4.78, 5) is 0. The summed E-state index contributed by atoms with van der Waals surface area (Å²) in [7, 11) is 0. The molecule has 0 unspecified atom stereocenters. The van der Waals surface area contributed by atoms with Crippen molar-refractivity contribution in [3.8, 4) is 0 Å². The van der Waals surface area contributed by atoms with Gasteiger partial charge in [0.25, 0.3) is 0 Å². The number of nitrogen functional groups attached to an aromatic ring is 1. The Bertz CT molecular complexity index is 296. The second-order valence-corrected chi connectivity index (χ2v) is 2.68. The van der Waals surface area contributed by atoms with Crippen LogP contribution in [0.15, 0.2) is 12.1 Å². The van der Waals surface area contributed by atoms with Gasteiger partial charge in [-0.2, -0.15) is 0 Å². The fourth-order valence-corrected chi connectivity index (χ4v) is 1.35. The van der Waals surface area contributed by atoms with Crippen LogP contribution in [0.4, 0.5) is 15.8 Å². The van der Waals surface area contributed by atoms with E-state index in [9.17, 15) is 4.39 Å². The standard InChI is InChI=1S/C8H9FN2/c9-7-6(10)2-1-5-3-4-11-8(5)7/h1-2,11H,3-4,10H2. The van der Waals surface area contributed by atoms with Gasteiger partial charge >= 0.3 is 0 Å². The minimum Gasteiger partial charge on any atom is -0.396 e. The Morgan fingerprint density at radius 3 is 3.09 bits per heavy atom. The van der Waals surface area contributed by atoms with E-state index in [-0.39, 0.29) is 11.5 Å². The molecule has 58 valence electrons. The molecule has 1 aromatic carbocycles. The SMILES string of the molecule is Nc1ccc2c(c1F)NCC2. The lowest BCUT2D eigenvalue weighted by atomic mass is 10.1. The number of benzene rings is 1. The van der Waals surface area contributed by atoms with Gasteiger partial charge in [0.1, 0.15) is 0 Å². The zero-order valence-corrected chi connectivity index (χ0v) is 6.02.